The van der Waals surface area contributed by atoms with Crippen LogP contribution in [0.3, 0.4) is 0 Å². The third-order valence-corrected chi connectivity index (χ3v) is 18.1. The molecule has 68 heavy (non-hydrogen) atoms. The number of ether oxygens (including phenoxy) is 3. The molecule has 3 saturated carbocycles. The summed E-state index contributed by atoms with van der Waals surface area (Å²) in [4.78, 5) is 12.7. The summed E-state index contributed by atoms with van der Waals surface area (Å²) in [6.45, 7) is 16.9. The lowest BCUT2D eigenvalue weighted by atomic mass is 9.47. The lowest BCUT2D eigenvalue weighted by Gasteiger charge is -2.58. The van der Waals surface area contributed by atoms with Crippen LogP contribution in [0.2, 0.25) is 0 Å². The molecule has 5 rings (SSSR count). The van der Waals surface area contributed by atoms with Crippen molar-refractivity contribution in [3.8, 4) is 0 Å². The number of hydrogen-bond donors (Lipinski definition) is 3. The van der Waals surface area contributed by atoms with Crippen molar-refractivity contribution in [1.82, 2.24) is 0 Å². The van der Waals surface area contributed by atoms with Crippen LogP contribution in [0.4, 0.5) is 0 Å². The van der Waals surface area contributed by atoms with E-state index in [-0.39, 0.29) is 24.1 Å². The third-order valence-electron chi connectivity index (χ3n) is 18.1. The molecule has 0 aromatic rings. The molecule has 4 aliphatic carbocycles. The number of aliphatic hydroxyl groups is 3. The minimum Gasteiger partial charge on any atom is -0.463 e. The lowest BCUT2D eigenvalue weighted by molar-refractivity contribution is -0.313. The molecule has 1 heterocycles. The first-order valence-corrected chi connectivity index (χ1v) is 28.3. The molecule has 0 bridgehead atoms. The predicted octanol–water partition coefficient (Wildman–Crippen LogP) is 14.7. The molecular formula is C61H100O7. The molecule has 0 aromatic carbocycles. The lowest BCUT2D eigenvalue weighted by Crippen LogP contribution is -2.60. The Morgan fingerprint density at radius 3 is 2.01 bits per heavy atom. The van der Waals surface area contributed by atoms with Crippen molar-refractivity contribution in [2.75, 3.05) is 6.61 Å². The summed E-state index contributed by atoms with van der Waals surface area (Å²) in [7, 11) is 0. The highest BCUT2D eigenvalue weighted by atomic mass is 16.7. The van der Waals surface area contributed by atoms with Gasteiger partial charge in [0.05, 0.1) is 6.10 Å². The summed E-state index contributed by atoms with van der Waals surface area (Å²) >= 11 is 0. The van der Waals surface area contributed by atoms with Crippen LogP contribution in [0.5, 0.6) is 0 Å². The maximum absolute atomic E-state index is 12.7. The first kappa shape index (κ1) is 56.6. The van der Waals surface area contributed by atoms with Crippen molar-refractivity contribution < 1.29 is 34.3 Å². The van der Waals surface area contributed by atoms with E-state index in [2.05, 4.69) is 115 Å². The molecule has 1 saturated heterocycles. The second-order valence-electron chi connectivity index (χ2n) is 22.9. The maximum atomic E-state index is 12.7. The first-order chi connectivity index (χ1) is 32.8. The summed E-state index contributed by atoms with van der Waals surface area (Å²) in [6.07, 6.45) is 46.0. The molecular weight excluding hydrogens is 845 g/mol. The second kappa shape index (κ2) is 29.3. The van der Waals surface area contributed by atoms with Crippen LogP contribution < -0.4 is 0 Å². The fourth-order valence-electron chi connectivity index (χ4n) is 13.8. The molecule has 386 valence electrons. The number of allylic oxidation sites excluding steroid dienone is 11. The fourth-order valence-corrected chi connectivity index (χ4v) is 13.8. The summed E-state index contributed by atoms with van der Waals surface area (Å²) in [5.74, 6) is 5.18. The number of rotatable bonds is 29. The number of hydrogen-bond acceptors (Lipinski definition) is 7. The van der Waals surface area contributed by atoms with E-state index in [1.165, 1.54) is 76.2 Å². The van der Waals surface area contributed by atoms with Gasteiger partial charge in [0, 0.05) is 6.42 Å². The van der Waals surface area contributed by atoms with Gasteiger partial charge in [-0.1, -0.05) is 166 Å². The molecule has 4 fully saturated rings. The van der Waals surface area contributed by atoms with E-state index in [1.807, 2.05) is 0 Å². The monoisotopic (exact) mass is 945 g/mol. The SMILES string of the molecule is CC/C=C\C/C=C\C/C=C\C/C=C\C/C=C\CCCCCCCCCC(=O)OCC1OC(OC2CCC3(C)C(=CCC4C3CCC3(C)C(C(C)CCC(CC)C(C)C)CCC43)C2)C(O)C(O)C1O. The summed E-state index contributed by atoms with van der Waals surface area (Å²) in [5.41, 5.74) is 2.11. The van der Waals surface area contributed by atoms with Gasteiger partial charge in [-0.15, -0.1) is 0 Å². The van der Waals surface area contributed by atoms with Crippen LogP contribution in [-0.4, -0.2) is 64.7 Å². The zero-order valence-electron chi connectivity index (χ0n) is 44.2. The van der Waals surface area contributed by atoms with Gasteiger partial charge in [0.15, 0.2) is 6.29 Å². The molecule has 0 radical (unpaired) electrons. The number of esters is 1. The van der Waals surface area contributed by atoms with Crippen molar-refractivity contribution >= 4 is 5.97 Å². The fraction of sp³-hybridized carbons (Fsp3) is 0.787. The standard InChI is InChI=1S/C61H100O7/c1-8-10-11-12-13-14-15-16-17-18-19-20-21-22-23-24-25-26-27-28-29-30-31-32-55(62)66-44-54-56(63)57(64)58(65)59(68-54)67-49-39-41-60(6)48(43-49)35-36-50-52-38-37-51(61(52,7)42-40-53(50)60)46(5)33-34-47(9-2)45(3)4/h10-11,13-14,16-17,19-20,22-23,35,45-47,49-54,56-59,63-65H,8-9,12,15,18,21,24-34,36-44H2,1-7H3/b11-10-,14-13-,17-16-,20-19-,23-22-. The van der Waals surface area contributed by atoms with Crippen molar-refractivity contribution in [2.45, 2.75) is 246 Å². The third kappa shape index (κ3) is 16.1. The predicted molar refractivity (Wildman–Crippen MR) is 281 cm³/mol. The van der Waals surface area contributed by atoms with E-state index < -0.39 is 30.7 Å². The van der Waals surface area contributed by atoms with Crippen LogP contribution in [-0.2, 0) is 19.0 Å². The Kier molecular flexibility index (Phi) is 24.4. The van der Waals surface area contributed by atoms with Crippen molar-refractivity contribution in [3.63, 3.8) is 0 Å². The van der Waals surface area contributed by atoms with E-state index in [0.717, 1.165) is 119 Å². The molecule has 1 aliphatic heterocycles. The second-order valence-corrected chi connectivity index (χ2v) is 22.9. The van der Waals surface area contributed by atoms with Gasteiger partial charge in [-0.3, -0.25) is 4.79 Å². The van der Waals surface area contributed by atoms with Crippen LogP contribution in [0.15, 0.2) is 72.4 Å². The first-order valence-electron chi connectivity index (χ1n) is 28.3. The van der Waals surface area contributed by atoms with Gasteiger partial charge in [0.25, 0.3) is 0 Å². The summed E-state index contributed by atoms with van der Waals surface area (Å²) in [6, 6.07) is 0. The molecule has 7 nitrogen and oxygen atoms in total. The quantitative estimate of drug-likeness (QED) is 0.0390. The minimum atomic E-state index is -1.45. The number of fused-ring (bicyclic) bond motifs is 5. The van der Waals surface area contributed by atoms with Crippen LogP contribution >= 0.6 is 0 Å². The van der Waals surface area contributed by atoms with Gasteiger partial charge < -0.3 is 29.5 Å². The minimum absolute atomic E-state index is 0.150. The average Bonchev–Trinajstić information content (AvgIpc) is 3.69. The molecule has 0 aromatic heterocycles. The van der Waals surface area contributed by atoms with E-state index >= 15 is 0 Å². The van der Waals surface area contributed by atoms with Crippen molar-refractivity contribution in [3.05, 3.63) is 72.4 Å². The number of aliphatic hydroxyl groups excluding tert-OH is 3. The van der Waals surface area contributed by atoms with Gasteiger partial charge in [-0.25, -0.2) is 0 Å². The summed E-state index contributed by atoms with van der Waals surface area (Å²) in [5, 5.41) is 32.7. The Labute approximate surface area is 415 Å². The van der Waals surface area contributed by atoms with Gasteiger partial charge in [-0.05, 0) is 161 Å². The van der Waals surface area contributed by atoms with Gasteiger partial charge in [0.2, 0.25) is 0 Å². The molecule has 5 aliphatic rings. The van der Waals surface area contributed by atoms with Crippen LogP contribution in [0.1, 0.15) is 209 Å². The smallest absolute Gasteiger partial charge is 0.305 e. The number of carbonyl (C=O) groups excluding carboxylic acids is 1. The zero-order valence-corrected chi connectivity index (χ0v) is 44.2. The van der Waals surface area contributed by atoms with E-state index in [4.69, 9.17) is 14.2 Å². The topological polar surface area (TPSA) is 105 Å². The Balaban J connectivity index is 0.941. The van der Waals surface area contributed by atoms with Gasteiger partial charge >= 0.3 is 5.97 Å². The van der Waals surface area contributed by atoms with E-state index in [9.17, 15) is 20.1 Å². The normalized spacial score (nSPS) is 34.0. The maximum Gasteiger partial charge on any atom is 0.305 e. The molecule has 0 amide bonds. The number of carbonyl (C=O) groups is 1. The molecule has 14 atom stereocenters. The van der Waals surface area contributed by atoms with Crippen LogP contribution in [0, 0.1) is 52.3 Å². The summed E-state index contributed by atoms with van der Waals surface area (Å²) < 4.78 is 18.1. The van der Waals surface area contributed by atoms with Gasteiger partial charge in [-0.2, -0.15) is 0 Å². The Morgan fingerprint density at radius 1 is 0.735 bits per heavy atom. The van der Waals surface area contributed by atoms with Crippen LogP contribution in [0.25, 0.3) is 0 Å². The highest BCUT2D eigenvalue weighted by Gasteiger charge is 2.59. The Hall–Kier alpha value is -2.29. The number of unbranched alkanes of at least 4 members (excludes halogenated alkanes) is 7. The highest BCUT2D eigenvalue weighted by Crippen LogP contribution is 2.67. The molecule has 0 spiro atoms. The zero-order chi connectivity index (χ0) is 48.9. The average molecular weight is 945 g/mol. The van der Waals surface area contributed by atoms with Crippen molar-refractivity contribution in [2.24, 2.45) is 52.3 Å². The highest BCUT2D eigenvalue weighted by molar-refractivity contribution is 5.69. The Bertz CT molecular complexity index is 1640. The largest absolute Gasteiger partial charge is 0.463 e. The van der Waals surface area contributed by atoms with E-state index in [0.29, 0.717) is 17.8 Å². The van der Waals surface area contributed by atoms with Gasteiger partial charge in [0.1, 0.15) is 31.0 Å². The van der Waals surface area contributed by atoms with Crippen molar-refractivity contribution in [1.29, 1.82) is 0 Å². The molecule has 14 unspecified atom stereocenters. The Morgan fingerprint density at radius 2 is 1.37 bits per heavy atom. The molecule has 3 N–H and O–H groups in total. The molecule has 7 heteroatoms. The van der Waals surface area contributed by atoms with E-state index in [1.54, 1.807) is 0 Å².